The molecule has 0 spiro atoms. The van der Waals surface area contributed by atoms with Crippen molar-refractivity contribution < 1.29 is 4.74 Å². The van der Waals surface area contributed by atoms with Crippen molar-refractivity contribution in [2.45, 2.75) is 26.3 Å². The fraction of sp³-hybridized carbons (Fsp3) is 0.200. The van der Waals surface area contributed by atoms with Crippen molar-refractivity contribution in [1.82, 2.24) is 9.55 Å². The molecule has 0 radical (unpaired) electrons. The average Bonchev–Trinajstić information content (AvgIpc) is 2.76. The lowest BCUT2D eigenvalue weighted by atomic mass is 10.1. The molecule has 1 heterocycles. The standard InChI is InChI=1S/C25H22Cl2N2O2/c1-17-16-20(27)12-13-23(17)31-15-5-4-14-29-24(18-8-10-19(26)11-9-18)28-22-7-3-2-6-21(22)25(29)30/h2-3,6-13,16H,4-5,14-15H2,1H3. The summed E-state index contributed by atoms with van der Waals surface area (Å²) < 4.78 is 7.63. The zero-order chi connectivity index (χ0) is 21.8. The Morgan fingerprint density at radius 2 is 1.68 bits per heavy atom. The van der Waals surface area contributed by atoms with Crippen LogP contribution < -0.4 is 10.3 Å². The second-order valence-electron chi connectivity index (χ2n) is 7.38. The summed E-state index contributed by atoms with van der Waals surface area (Å²) in [6, 6.07) is 20.4. The van der Waals surface area contributed by atoms with Crippen LogP contribution in [0.4, 0.5) is 0 Å². The molecule has 0 fully saturated rings. The van der Waals surface area contributed by atoms with Gasteiger partial charge < -0.3 is 4.74 Å². The van der Waals surface area contributed by atoms with Gasteiger partial charge in [0.25, 0.3) is 5.56 Å². The van der Waals surface area contributed by atoms with Gasteiger partial charge in [0.15, 0.2) is 0 Å². The second-order valence-corrected chi connectivity index (χ2v) is 8.25. The Labute approximate surface area is 191 Å². The van der Waals surface area contributed by atoms with Gasteiger partial charge in [-0.05, 0) is 79.9 Å². The molecular formula is C25H22Cl2N2O2. The predicted octanol–water partition coefficient (Wildman–Crippen LogP) is 6.54. The number of benzene rings is 3. The summed E-state index contributed by atoms with van der Waals surface area (Å²) in [5, 5.41) is 1.96. The molecule has 4 aromatic rings. The number of hydrogen-bond donors (Lipinski definition) is 0. The van der Waals surface area contributed by atoms with Crippen molar-refractivity contribution in [3.05, 3.63) is 92.7 Å². The van der Waals surface area contributed by atoms with Crippen molar-refractivity contribution >= 4 is 34.1 Å². The zero-order valence-corrected chi connectivity index (χ0v) is 18.7. The molecule has 4 nitrogen and oxygen atoms in total. The monoisotopic (exact) mass is 452 g/mol. The summed E-state index contributed by atoms with van der Waals surface area (Å²) in [6.45, 7) is 3.09. The van der Waals surface area contributed by atoms with Crippen LogP contribution in [0.3, 0.4) is 0 Å². The molecule has 0 aliphatic carbocycles. The Morgan fingerprint density at radius 1 is 0.935 bits per heavy atom. The van der Waals surface area contributed by atoms with Gasteiger partial charge in [0.05, 0.1) is 17.5 Å². The van der Waals surface area contributed by atoms with Gasteiger partial charge in [-0.3, -0.25) is 9.36 Å². The van der Waals surface area contributed by atoms with Crippen LogP contribution in [0.25, 0.3) is 22.3 Å². The van der Waals surface area contributed by atoms with Crippen molar-refractivity contribution in [1.29, 1.82) is 0 Å². The molecule has 0 unspecified atom stereocenters. The van der Waals surface area contributed by atoms with Gasteiger partial charge >= 0.3 is 0 Å². The maximum atomic E-state index is 13.2. The third-order valence-corrected chi connectivity index (χ3v) is 5.62. The molecule has 4 rings (SSSR count). The highest BCUT2D eigenvalue weighted by Crippen LogP contribution is 2.23. The van der Waals surface area contributed by atoms with Crippen LogP contribution in [0.5, 0.6) is 5.75 Å². The fourth-order valence-corrected chi connectivity index (χ4v) is 3.88. The normalized spacial score (nSPS) is 11.1. The van der Waals surface area contributed by atoms with E-state index in [4.69, 9.17) is 32.9 Å². The Bertz CT molecular complexity index is 1270. The number of ether oxygens (including phenoxy) is 1. The number of aryl methyl sites for hydroxylation is 1. The Balaban J connectivity index is 1.53. The van der Waals surface area contributed by atoms with Crippen LogP contribution in [0, 0.1) is 6.92 Å². The molecule has 6 heteroatoms. The molecule has 1 aromatic heterocycles. The number of aromatic nitrogens is 2. The Morgan fingerprint density at radius 3 is 2.45 bits per heavy atom. The third-order valence-electron chi connectivity index (χ3n) is 5.13. The van der Waals surface area contributed by atoms with Gasteiger partial charge in [0.1, 0.15) is 11.6 Å². The van der Waals surface area contributed by atoms with Gasteiger partial charge in [-0.1, -0.05) is 35.3 Å². The van der Waals surface area contributed by atoms with E-state index < -0.39 is 0 Å². The number of fused-ring (bicyclic) bond motifs is 1. The molecular weight excluding hydrogens is 431 g/mol. The lowest BCUT2D eigenvalue weighted by Crippen LogP contribution is -2.24. The summed E-state index contributed by atoms with van der Waals surface area (Å²) in [6.07, 6.45) is 1.59. The first kappa shape index (κ1) is 21.4. The van der Waals surface area contributed by atoms with Crippen molar-refractivity contribution in [2.24, 2.45) is 0 Å². The molecule has 0 atom stereocenters. The van der Waals surface area contributed by atoms with Gasteiger partial charge in [-0.15, -0.1) is 0 Å². The molecule has 0 bridgehead atoms. The molecule has 0 aliphatic rings. The zero-order valence-electron chi connectivity index (χ0n) is 17.1. The maximum Gasteiger partial charge on any atom is 0.261 e. The van der Waals surface area contributed by atoms with E-state index >= 15 is 0 Å². The minimum Gasteiger partial charge on any atom is -0.493 e. The summed E-state index contributed by atoms with van der Waals surface area (Å²) in [7, 11) is 0. The van der Waals surface area contributed by atoms with E-state index in [-0.39, 0.29) is 5.56 Å². The van der Waals surface area contributed by atoms with Crippen LogP contribution in [-0.4, -0.2) is 16.2 Å². The number of rotatable bonds is 7. The number of nitrogens with zero attached hydrogens (tertiary/aromatic N) is 2. The Hall–Kier alpha value is -2.82. The fourth-order valence-electron chi connectivity index (χ4n) is 3.52. The first-order valence-electron chi connectivity index (χ1n) is 10.2. The SMILES string of the molecule is Cc1cc(Cl)ccc1OCCCCn1c(-c2ccc(Cl)cc2)nc2ccccc2c1=O. The van der Waals surface area contributed by atoms with Crippen LogP contribution in [-0.2, 0) is 6.54 Å². The maximum absolute atomic E-state index is 13.2. The molecule has 3 aromatic carbocycles. The van der Waals surface area contributed by atoms with E-state index in [1.165, 1.54) is 0 Å². The van der Waals surface area contributed by atoms with E-state index in [1.54, 1.807) is 4.57 Å². The van der Waals surface area contributed by atoms with E-state index in [2.05, 4.69) is 0 Å². The van der Waals surface area contributed by atoms with Crippen LogP contribution >= 0.6 is 23.2 Å². The summed E-state index contributed by atoms with van der Waals surface area (Å²) in [5.74, 6) is 1.48. The quantitative estimate of drug-likeness (QED) is 0.299. The first-order valence-corrected chi connectivity index (χ1v) is 10.9. The van der Waals surface area contributed by atoms with Gasteiger partial charge in [0.2, 0.25) is 0 Å². The van der Waals surface area contributed by atoms with Gasteiger partial charge in [-0.2, -0.15) is 0 Å². The highest BCUT2D eigenvalue weighted by atomic mass is 35.5. The van der Waals surface area contributed by atoms with E-state index in [9.17, 15) is 4.79 Å². The lowest BCUT2D eigenvalue weighted by Gasteiger charge is -2.14. The predicted molar refractivity (Wildman–Crippen MR) is 127 cm³/mol. The van der Waals surface area contributed by atoms with Crippen molar-refractivity contribution in [2.75, 3.05) is 6.61 Å². The molecule has 0 N–H and O–H groups in total. The van der Waals surface area contributed by atoms with E-state index in [0.717, 1.165) is 29.7 Å². The molecule has 0 saturated heterocycles. The lowest BCUT2D eigenvalue weighted by molar-refractivity contribution is 0.301. The second kappa shape index (κ2) is 9.54. The van der Waals surface area contributed by atoms with E-state index in [0.29, 0.717) is 39.9 Å². The molecule has 0 amide bonds. The van der Waals surface area contributed by atoms with Crippen LogP contribution in [0.1, 0.15) is 18.4 Å². The smallest absolute Gasteiger partial charge is 0.261 e. The summed E-state index contributed by atoms with van der Waals surface area (Å²) >= 11 is 12.0. The highest BCUT2D eigenvalue weighted by molar-refractivity contribution is 6.30. The van der Waals surface area contributed by atoms with Gasteiger partial charge in [-0.25, -0.2) is 4.98 Å². The number of hydrogen-bond acceptors (Lipinski definition) is 3. The topological polar surface area (TPSA) is 44.1 Å². The molecule has 0 saturated carbocycles. The Kier molecular flexibility index (Phi) is 6.59. The van der Waals surface area contributed by atoms with E-state index in [1.807, 2.05) is 73.7 Å². The molecule has 0 aliphatic heterocycles. The largest absolute Gasteiger partial charge is 0.493 e. The number of unbranched alkanes of at least 4 members (excludes halogenated alkanes) is 1. The number of para-hydroxylation sites is 1. The summed E-state index contributed by atoms with van der Waals surface area (Å²) in [5.41, 5.74) is 2.52. The van der Waals surface area contributed by atoms with Crippen LogP contribution in [0.2, 0.25) is 10.0 Å². The van der Waals surface area contributed by atoms with Gasteiger partial charge in [0, 0.05) is 22.2 Å². The van der Waals surface area contributed by atoms with Crippen LogP contribution in [0.15, 0.2) is 71.5 Å². The first-order chi connectivity index (χ1) is 15.0. The molecule has 158 valence electrons. The average molecular weight is 453 g/mol. The molecule has 31 heavy (non-hydrogen) atoms. The van der Waals surface area contributed by atoms with Crippen molar-refractivity contribution in [3.63, 3.8) is 0 Å². The minimum atomic E-state index is -0.0370. The van der Waals surface area contributed by atoms with Crippen molar-refractivity contribution in [3.8, 4) is 17.1 Å². The minimum absolute atomic E-state index is 0.0370. The number of halogens is 2. The highest BCUT2D eigenvalue weighted by Gasteiger charge is 2.12. The summed E-state index contributed by atoms with van der Waals surface area (Å²) in [4.78, 5) is 18.0. The third kappa shape index (κ3) is 4.92.